The molecule has 0 spiro atoms. The van der Waals surface area contributed by atoms with Gasteiger partial charge < -0.3 is 14.4 Å². The highest BCUT2D eigenvalue weighted by molar-refractivity contribution is 7.12. The second-order valence-electron chi connectivity index (χ2n) is 7.71. The Labute approximate surface area is 185 Å². The van der Waals surface area contributed by atoms with Crippen molar-refractivity contribution in [2.24, 2.45) is 5.92 Å². The van der Waals surface area contributed by atoms with Crippen LogP contribution >= 0.6 is 11.3 Å². The smallest absolute Gasteiger partial charge is 0.291 e. The molecule has 0 radical (unpaired) electrons. The number of hydrogen-bond acceptors (Lipinski definition) is 7. The van der Waals surface area contributed by atoms with E-state index in [0.29, 0.717) is 30.4 Å². The molecule has 31 heavy (non-hydrogen) atoms. The van der Waals surface area contributed by atoms with Gasteiger partial charge >= 0.3 is 0 Å². The van der Waals surface area contributed by atoms with E-state index in [2.05, 4.69) is 4.90 Å². The molecule has 2 aromatic rings. The highest BCUT2D eigenvalue weighted by Crippen LogP contribution is 2.39. The summed E-state index contributed by atoms with van der Waals surface area (Å²) in [7, 11) is 1.58. The third-order valence-electron chi connectivity index (χ3n) is 5.89. The molecule has 0 bridgehead atoms. The van der Waals surface area contributed by atoms with Gasteiger partial charge in [0, 0.05) is 26.2 Å². The molecule has 1 amide bonds. The molecule has 2 aliphatic rings. The predicted molar refractivity (Wildman–Crippen MR) is 116 cm³/mol. The average molecular weight is 443 g/mol. The Morgan fingerprint density at radius 2 is 1.87 bits per heavy atom. The zero-order valence-electron chi connectivity index (χ0n) is 17.5. The average Bonchev–Trinajstić information content (AvgIpc) is 3.43. The molecule has 2 aliphatic heterocycles. The molecule has 2 fully saturated rings. The summed E-state index contributed by atoms with van der Waals surface area (Å²) in [6.45, 7) is 4.41. The van der Waals surface area contributed by atoms with Crippen LogP contribution in [0.3, 0.4) is 0 Å². The molecule has 2 saturated heterocycles. The number of likely N-dealkylation sites (tertiary alicyclic amines) is 1. The second kappa shape index (κ2) is 9.72. The van der Waals surface area contributed by atoms with E-state index < -0.39 is 23.7 Å². The zero-order valence-corrected chi connectivity index (χ0v) is 18.3. The van der Waals surface area contributed by atoms with Crippen LogP contribution in [0.1, 0.15) is 27.7 Å². The third-order valence-corrected chi connectivity index (χ3v) is 6.77. The van der Waals surface area contributed by atoms with Crippen LogP contribution in [-0.4, -0.2) is 73.8 Å². The van der Waals surface area contributed by atoms with Crippen molar-refractivity contribution in [2.75, 3.05) is 46.5 Å². The fourth-order valence-corrected chi connectivity index (χ4v) is 4.97. The normalized spacial score (nSPS) is 22.2. The first-order valence-electron chi connectivity index (χ1n) is 10.5. The van der Waals surface area contributed by atoms with Gasteiger partial charge in [0.15, 0.2) is 5.78 Å². The SMILES string of the molecule is COc1ccc(C2C(C(=O)c3cccs3)C(=O)C(=O)N2CCCN2CCOCC2)cc1. The first kappa shape index (κ1) is 21.7. The summed E-state index contributed by atoms with van der Waals surface area (Å²) in [4.78, 5) is 43.5. The van der Waals surface area contributed by atoms with Crippen molar-refractivity contribution in [3.8, 4) is 5.75 Å². The number of carbonyl (C=O) groups excluding carboxylic acids is 3. The number of amides is 1. The largest absolute Gasteiger partial charge is 0.497 e. The summed E-state index contributed by atoms with van der Waals surface area (Å²) >= 11 is 1.29. The van der Waals surface area contributed by atoms with Gasteiger partial charge in [0.1, 0.15) is 11.7 Å². The van der Waals surface area contributed by atoms with Crippen LogP contribution in [0.5, 0.6) is 5.75 Å². The van der Waals surface area contributed by atoms with E-state index in [4.69, 9.17) is 9.47 Å². The fourth-order valence-electron chi connectivity index (χ4n) is 4.26. The Hall–Kier alpha value is -2.55. The molecule has 7 nitrogen and oxygen atoms in total. The van der Waals surface area contributed by atoms with Gasteiger partial charge in [-0.05, 0) is 35.6 Å². The number of hydrogen-bond donors (Lipinski definition) is 0. The molecule has 1 aromatic carbocycles. The number of nitrogens with zero attached hydrogens (tertiary/aromatic N) is 2. The summed E-state index contributed by atoms with van der Waals surface area (Å²) < 4.78 is 10.6. The van der Waals surface area contributed by atoms with Crippen molar-refractivity contribution in [3.63, 3.8) is 0 Å². The van der Waals surface area contributed by atoms with E-state index in [1.165, 1.54) is 11.3 Å². The molecule has 0 saturated carbocycles. The number of rotatable bonds is 8. The fraction of sp³-hybridized carbons (Fsp3) is 0.435. The van der Waals surface area contributed by atoms with Crippen molar-refractivity contribution in [1.29, 1.82) is 0 Å². The lowest BCUT2D eigenvalue weighted by molar-refractivity contribution is -0.140. The van der Waals surface area contributed by atoms with Crippen LogP contribution in [0.2, 0.25) is 0 Å². The van der Waals surface area contributed by atoms with Crippen LogP contribution in [0.15, 0.2) is 41.8 Å². The number of benzene rings is 1. The van der Waals surface area contributed by atoms with E-state index in [1.54, 1.807) is 41.7 Å². The second-order valence-corrected chi connectivity index (χ2v) is 8.66. The van der Waals surface area contributed by atoms with Gasteiger partial charge in [-0.25, -0.2) is 0 Å². The molecule has 1 aromatic heterocycles. The number of ketones is 2. The van der Waals surface area contributed by atoms with E-state index in [-0.39, 0.29) is 5.78 Å². The van der Waals surface area contributed by atoms with Crippen molar-refractivity contribution >= 4 is 28.8 Å². The molecule has 0 N–H and O–H groups in total. The van der Waals surface area contributed by atoms with Gasteiger partial charge in [-0.3, -0.25) is 19.3 Å². The first-order chi connectivity index (χ1) is 15.1. The van der Waals surface area contributed by atoms with E-state index >= 15 is 0 Å². The third kappa shape index (κ3) is 4.56. The lowest BCUT2D eigenvalue weighted by Gasteiger charge is -2.30. The molecule has 4 rings (SSSR count). The maximum atomic E-state index is 13.2. The van der Waals surface area contributed by atoms with Crippen molar-refractivity contribution in [2.45, 2.75) is 12.5 Å². The molecule has 2 atom stereocenters. The predicted octanol–water partition coefficient (Wildman–Crippen LogP) is 2.43. The van der Waals surface area contributed by atoms with Gasteiger partial charge in [0.2, 0.25) is 5.78 Å². The quantitative estimate of drug-likeness (QED) is 0.355. The van der Waals surface area contributed by atoms with Crippen molar-refractivity contribution < 1.29 is 23.9 Å². The summed E-state index contributed by atoms with van der Waals surface area (Å²) in [6, 6.07) is 10.1. The number of thiophene rings is 1. The lowest BCUT2D eigenvalue weighted by Crippen LogP contribution is -2.39. The van der Waals surface area contributed by atoms with Crippen LogP contribution in [-0.2, 0) is 14.3 Å². The van der Waals surface area contributed by atoms with Crippen molar-refractivity contribution in [1.82, 2.24) is 9.80 Å². The van der Waals surface area contributed by atoms with Gasteiger partial charge in [0.25, 0.3) is 5.91 Å². The lowest BCUT2D eigenvalue weighted by atomic mass is 9.88. The Bertz CT molecular complexity index is 922. The zero-order chi connectivity index (χ0) is 21.8. The molecular weight excluding hydrogens is 416 g/mol. The highest BCUT2D eigenvalue weighted by Gasteiger charge is 2.51. The number of methoxy groups -OCH3 is 1. The summed E-state index contributed by atoms with van der Waals surface area (Å²) in [6.07, 6.45) is 0.728. The van der Waals surface area contributed by atoms with E-state index in [0.717, 1.165) is 31.6 Å². The Balaban J connectivity index is 1.58. The molecule has 2 unspecified atom stereocenters. The van der Waals surface area contributed by atoms with Crippen LogP contribution in [0.4, 0.5) is 0 Å². The minimum atomic E-state index is -1.03. The molecular formula is C23H26N2O5S. The first-order valence-corrected chi connectivity index (χ1v) is 11.3. The van der Waals surface area contributed by atoms with Gasteiger partial charge in [-0.1, -0.05) is 18.2 Å². The Morgan fingerprint density at radius 1 is 1.13 bits per heavy atom. The van der Waals surface area contributed by atoms with Crippen molar-refractivity contribution in [3.05, 3.63) is 52.2 Å². The van der Waals surface area contributed by atoms with Crippen LogP contribution in [0.25, 0.3) is 0 Å². The van der Waals surface area contributed by atoms with E-state index in [9.17, 15) is 14.4 Å². The molecule has 0 aliphatic carbocycles. The Morgan fingerprint density at radius 3 is 2.52 bits per heavy atom. The van der Waals surface area contributed by atoms with Crippen LogP contribution in [0, 0.1) is 5.92 Å². The number of ether oxygens (including phenoxy) is 2. The van der Waals surface area contributed by atoms with Crippen LogP contribution < -0.4 is 4.74 Å². The minimum absolute atomic E-state index is 0.287. The molecule has 3 heterocycles. The molecule has 8 heteroatoms. The monoisotopic (exact) mass is 442 g/mol. The molecule has 164 valence electrons. The highest BCUT2D eigenvalue weighted by atomic mass is 32.1. The number of Topliss-reactive ketones (excluding diaryl/α,β-unsaturated/α-hetero) is 2. The summed E-state index contributed by atoms with van der Waals surface area (Å²) in [5.41, 5.74) is 0.765. The Kier molecular flexibility index (Phi) is 6.80. The number of carbonyl (C=O) groups is 3. The topological polar surface area (TPSA) is 76.2 Å². The minimum Gasteiger partial charge on any atom is -0.497 e. The standard InChI is InChI=1S/C23H26N2O5S/c1-29-17-7-5-16(6-8-17)20-19(21(26)18-4-2-15-31-18)22(27)23(28)25(20)10-3-9-24-11-13-30-14-12-24/h2,4-8,15,19-20H,3,9-14H2,1H3. The number of morpholine rings is 1. The van der Waals surface area contributed by atoms with E-state index in [1.807, 2.05) is 12.1 Å². The maximum Gasteiger partial charge on any atom is 0.291 e. The van der Waals surface area contributed by atoms with Gasteiger partial charge in [-0.15, -0.1) is 11.3 Å². The summed E-state index contributed by atoms with van der Waals surface area (Å²) in [5.74, 6) is -1.82. The maximum absolute atomic E-state index is 13.2. The summed E-state index contributed by atoms with van der Waals surface area (Å²) in [5, 5.41) is 1.80. The van der Waals surface area contributed by atoms with Gasteiger partial charge in [-0.2, -0.15) is 0 Å². The van der Waals surface area contributed by atoms with Gasteiger partial charge in [0.05, 0.1) is 31.2 Å².